The Bertz CT molecular complexity index is 450. The summed E-state index contributed by atoms with van der Waals surface area (Å²) in [5, 5.41) is 0.639. The van der Waals surface area contributed by atoms with Crippen molar-refractivity contribution in [2.75, 3.05) is 0 Å². The molecule has 0 N–H and O–H groups in total. The van der Waals surface area contributed by atoms with Gasteiger partial charge in [0.25, 0.3) is 0 Å². The summed E-state index contributed by atoms with van der Waals surface area (Å²) in [4.78, 5) is 12.0. The van der Waals surface area contributed by atoms with Gasteiger partial charge in [-0.25, -0.2) is 0 Å². The molecule has 0 bridgehead atoms. The van der Waals surface area contributed by atoms with Gasteiger partial charge in [0.2, 0.25) is 0 Å². The maximum Gasteiger partial charge on any atom is 0.193 e. The van der Waals surface area contributed by atoms with Crippen LogP contribution in [0.2, 0.25) is 5.02 Å². The van der Waals surface area contributed by atoms with Crippen LogP contribution in [-0.4, -0.2) is 5.78 Å². The fourth-order valence-corrected chi connectivity index (χ4v) is 1.60. The van der Waals surface area contributed by atoms with E-state index < -0.39 is 0 Å². The molecule has 0 saturated carbocycles. The van der Waals surface area contributed by atoms with Gasteiger partial charge in [0.1, 0.15) is 0 Å². The first kappa shape index (κ1) is 10.9. The number of hydrogen-bond donors (Lipinski definition) is 0. The molecule has 2 rings (SSSR count). The van der Waals surface area contributed by atoms with Crippen LogP contribution in [0, 0.1) is 6.92 Å². The topological polar surface area (TPSA) is 17.1 Å². The van der Waals surface area contributed by atoms with Gasteiger partial charge in [-0.1, -0.05) is 41.4 Å². The Morgan fingerprint density at radius 3 is 1.81 bits per heavy atom. The zero-order valence-electron chi connectivity index (χ0n) is 8.91. The average Bonchev–Trinajstić information content (AvgIpc) is 2.30. The highest BCUT2D eigenvalue weighted by Crippen LogP contribution is 2.14. The Morgan fingerprint density at radius 2 is 1.31 bits per heavy atom. The Balaban J connectivity index is 2.32. The highest BCUT2D eigenvalue weighted by atomic mass is 35.5. The van der Waals surface area contributed by atoms with Crippen molar-refractivity contribution < 1.29 is 4.79 Å². The smallest absolute Gasteiger partial charge is 0.193 e. The summed E-state index contributed by atoms with van der Waals surface area (Å²) >= 11 is 5.77. The molecule has 0 unspecified atom stereocenters. The fraction of sp³-hybridized carbons (Fsp3) is 0.0714. The highest BCUT2D eigenvalue weighted by molar-refractivity contribution is 6.30. The molecule has 0 spiro atoms. The van der Waals surface area contributed by atoms with Crippen LogP contribution in [0.15, 0.2) is 48.5 Å². The second kappa shape index (κ2) is 4.50. The number of hydrogen-bond acceptors (Lipinski definition) is 1. The minimum atomic E-state index is 0.0247. The number of aryl methyl sites for hydroxylation is 1. The van der Waals surface area contributed by atoms with Gasteiger partial charge in [-0.2, -0.15) is 0 Å². The Hall–Kier alpha value is -1.60. The second-order valence-corrected chi connectivity index (χ2v) is 4.14. The molecular formula is C14H11ClO. The van der Waals surface area contributed by atoms with E-state index in [1.165, 1.54) is 0 Å². The van der Waals surface area contributed by atoms with Gasteiger partial charge in [0.15, 0.2) is 5.78 Å². The lowest BCUT2D eigenvalue weighted by molar-refractivity contribution is 0.103. The van der Waals surface area contributed by atoms with E-state index >= 15 is 0 Å². The molecule has 0 saturated heterocycles. The van der Waals surface area contributed by atoms with E-state index in [-0.39, 0.29) is 5.78 Å². The SMILES string of the molecule is Cc1ccc(C(=O)c2ccc(Cl)cc2)cc1. The molecule has 0 atom stereocenters. The normalized spacial score (nSPS) is 10.1. The number of rotatable bonds is 2. The third-order valence-electron chi connectivity index (χ3n) is 2.42. The van der Waals surface area contributed by atoms with E-state index in [2.05, 4.69) is 0 Å². The van der Waals surface area contributed by atoms with Gasteiger partial charge in [0.05, 0.1) is 0 Å². The summed E-state index contributed by atoms with van der Waals surface area (Å²) in [6, 6.07) is 14.5. The van der Waals surface area contributed by atoms with E-state index in [4.69, 9.17) is 11.6 Å². The van der Waals surface area contributed by atoms with Crippen molar-refractivity contribution >= 4 is 17.4 Å². The molecule has 80 valence electrons. The van der Waals surface area contributed by atoms with Crippen LogP contribution in [0.1, 0.15) is 21.5 Å². The van der Waals surface area contributed by atoms with Gasteiger partial charge >= 0.3 is 0 Å². The number of carbonyl (C=O) groups is 1. The van der Waals surface area contributed by atoms with Crippen LogP contribution >= 0.6 is 11.6 Å². The maximum atomic E-state index is 12.0. The van der Waals surface area contributed by atoms with Crippen molar-refractivity contribution in [2.45, 2.75) is 6.92 Å². The first-order valence-corrected chi connectivity index (χ1v) is 5.41. The van der Waals surface area contributed by atoms with Gasteiger partial charge in [-0.05, 0) is 31.2 Å². The maximum absolute atomic E-state index is 12.0. The largest absolute Gasteiger partial charge is 0.289 e. The van der Waals surface area contributed by atoms with Crippen LogP contribution < -0.4 is 0 Å². The number of benzene rings is 2. The molecule has 0 aliphatic heterocycles. The first-order chi connectivity index (χ1) is 7.66. The zero-order valence-corrected chi connectivity index (χ0v) is 9.66. The van der Waals surface area contributed by atoms with E-state index in [0.717, 1.165) is 5.56 Å². The van der Waals surface area contributed by atoms with Crippen LogP contribution in [0.3, 0.4) is 0 Å². The second-order valence-electron chi connectivity index (χ2n) is 3.70. The molecule has 0 heterocycles. The molecule has 0 amide bonds. The summed E-state index contributed by atoms with van der Waals surface area (Å²) in [5.41, 5.74) is 2.51. The van der Waals surface area contributed by atoms with Crippen molar-refractivity contribution in [2.24, 2.45) is 0 Å². The third-order valence-corrected chi connectivity index (χ3v) is 2.67. The summed E-state index contributed by atoms with van der Waals surface area (Å²) < 4.78 is 0. The van der Waals surface area contributed by atoms with Gasteiger partial charge < -0.3 is 0 Å². The molecule has 2 aromatic rings. The zero-order chi connectivity index (χ0) is 11.5. The van der Waals surface area contributed by atoms with Crippen LogP contribution in [0.5, 0.6) is 0 Å². The average molecular weight is 231 g/mol. The Kier molecular flexibility index (Phi) is 3.07. The molecule has 0 aliphatic carbocycles. The first-order valence-electron chi connectivity index (χ1n) is 5.04. The predicted molar refractivity (Wildman–Crippen MR) is 66.1 cm³/mol. The lowest BCUT2D eigenvalue weighted by atomic mass is 10.0. The summed E-state index contributed by atoms with van der Waals surface area (Å²) in [5.74, 6) is 0.0247. The van der Waals surface area contributed by atoms with Crippen LogP contribution in [0.4, 0.5) is 0 Å². The monoisotopic (exact) mass is 230 g/mol. The molecule has 1 nitrogen and oxygen atoms in total. The quantitative estimate of drug-likeness (QED) is 0.716. The Morgan fingerprint density at radius 1 is 0.875 bits per heavy atom. The van der Waals surface area contributed by atoms with E-state index in [1.807, 2.05) is 31.2 Å². The molecule has 16 heavy (non-hydrogen) atoms. The lowest BCUT2D eigenvalue weighted by Crippen LogP contribution is -2.00. The van der Waals surface area contributed by atoms with Crippen molar-refractivity contribution in [3.63, 3.8) is 0 Å². The molecule has 2 heteroatoms. The van der Waals surface area contributed by atoms with E-state index in [0.29, 0.717) is 16.1 Å². The Labute approximate surface area is 99.7 Å². The predicted octanol–water partition coefficient (Wildman–Crippen LogP) is 3.88. The molecule has 2 aromatic carbocycles. The number of halogens is 1. The van der Waals surface area contributed by atoms with Gasteiger partial charge in [0, 0.05) is 16.1 Å². The van der Waals surface area contributed by atoms with Crippen LogP contribution in [0.25, 0.3) is 0 Å². The minimum Gasteiger partial charge on any atom is -0.289 e. The standard InChI is InChI=1S/C14H11ClO/c1-10-2-4-11(5-3-10)14(16)12-6-8-13(15)9-7-12/h2-9H,1H3. The summed E-state index contributed by atoms with van der Waals surface area (Å²) in [6.45, 7) is 2.00. The van der Waals surface area contributed by atoms with E-state index in [9.17, 15) is 4.79 Å². The molecule has 0 aromatic heterocycles. The molecular weight excluding hydrogens is 220 g/mol. The lowest BCUT2D eigenvalue weighted by Gasteiger charge is -2.01. The van der Waals surface area contributed by atoms with Crippen LogP contribution in [-0.2, 0) is 0 Å². The molecule has 0 fully saturated rings. The van der Waals surface area contributed by atoms with E-state index in [1.54, 1.807) is 24.3 Å². The van der Waals surface area contributed by atoms with Crippen molar-refractivity contribution in [3.8, 4) is 0 Å². The van der Waals surface area contributed by atoms with Crippen molar-refractivity contribution in [1.29, 1.82) is 0 Å². The van der Waals surface area contributed by atoms with Crippen molar-refractivity contribution in [1.82, 2.24) is 0 Å². The number of ketones is 1. The fourth-order valence-electron chi connectivity index (χ4n) is 1.47. The molecule has 0 radical (unpaired) electrons. The third kappa shape index (κ3) is 2.31. The minimum absolute atomic E-state index is 0.0247. The van der Waals surface area contributed by atoms with Gasteiger partial charge in [-0.3, -0.25) is 4.79 Å². The summed E-state index contributed by atoms with van der Waals surface area (Å²) in [7, 11) is 0. The highest BCUT2D eigenvalue weighted by Gasteiger charge is 2.07. The van der Waals surface area contributed by atoms with Crippen molar-refractivity contribution in [3.05, 3.63) is 70.2 Å². The molecule has 0 aliphatic rings. The summed E-state index contributed by atoms with van der Waals surface area (Å²) in [6.07, 6.45) is 0. The number of carbonyl (C=O) groups excluding carboxylic acids is 1. The van der Waals surface area contributed by atoms with Gasteiger partial charge in [-0.15, -0.1) is 0 Å².